The van der Waals surface area contributed by atoms with Gasteiger partial charge in [-0.05, 0) is 41.7 Å². The van der Waals surface area contributed by atoms with Crippen LogP contribution in [0.2, 0.25) is 0 Å². The Kier molecular flexibility index (Phi) is 18.3. The topological polar surface area (TPSA) is 137 Å². The van der Waals surface area contributed by atoms with Crippen molar-refractivity contribution in [3.63, 3.8) is 0 Å². The van der Waals surface area contributed by atoms with E-state index in [1.807, 2.05) is 48.5 Å². The average Bonchev–Trinajstić information content (AvgIpc) is 3.35. The number of benzene rings is 3. The van der Waals surface area contributed by atoms with Crippen molar-refractivity contribution in [1.29, 1.82) is 0 Å². The SMILES string of the molecule is CCC.CC[I-]P(C)I.COc1cc(C(C)NC(=O)OCC2c3ccccc3-c3ccccc32)c([N+](=O)[O-])cc1OCCCC(=O)O. The molecule has 0 spiro atoms. The number of alkyl carbamates (subject to hydrolysis) is 1. The van der Waals surface area contributed by atoms with E-state index in [9.17, 15) is 19.7 Å². The van der Waals surface area contributed by atoms with Crippen LogP contribution in [0.4, 0.5) is 10.5 Å². The number of halogens is 2. The molecule has 0 saturated heterocycles. The van der Waals surface area contributed by atoms with Crippen LogP contribution in [-0.2, 0) is 9.53 Å². The van der Waals surface area contributed by atoms with E-state index < -0.39 is 23.0 Å². The first-order valence-electron chi connectivity index (χ1n) is 15.3. The number of carboxylic acid groups (broad SMARTS) is 1. The molecule has 0 fully saturated rings. The molecule has 2 unspecified atom stereocenters. The van der Waals surface area contributed by atoms with E-state index in [2.05, 4.69) is 54.8 Å². The Morgan fingerprint density at radius 2 is 1.64 bits per heavy atom. The first-order valence-corrected chi connectivity index (χ1v) is 24.2. The van der Waals surface area contributed by atoms with Crippen LogP contribution in [0.1, 0.15) is 75.6 Å². The molecule has 0 radical (unpaired) electrons. The summed E-state index contributed by atoms with van der Waals surface area (Å²) < 4.78 is 18.4. The molecule has 4 rings (SSSR count). The monoisotopic (exact) mass is 893 g/mol. The molecule has 1 amide bonds. The number of nitro benzene ring substituents is 1. The van der Waals surface area contributed by atoms with Gasteiger partial charge in [0.25, 0.3) is 5.69 Å². The molecule has 1 aliphatic rings. The quantitative estimate of drug-likeness (QED) is 0.0508. The van der Waals surface area contributed by atoms with Crippen LogP contribution in [-0.4, -0.2) is 53.5 Å². The van der Waals surface area contributed by atoms with Gasteiger partial charge >= 0.3 is 76.0 Å². The number of rotatable bonds is 13. The second-order valence-electron chi connectivity index (χ2n) is 10.4. The van der Waals surface area contributed by atoms with Gasteiger partial charge in [-0.2, -0.15) is 0 Å². The Morgan fingerprint density at radius 1 is 1.06 bits per heavy atom. The number of nitrogens with one attached hydrogen (secondary N) is 1. The number of hydrogen-bond donors (Lipinski definition) is 2. The summed E-state index contributed by atoms with van der Waals surface area (Å²) in [5.41, 5.74) is 4.31. The summed E-state index contributed by atoms with van der Waals surface area (Å²) in [7, 11) is 1.39. The number of carbonyl (C=O) groups is 2. The summed E-state index contributed by atoms with van der Waals surface area (Å²) in [5.74, 6) is -0.741. The summed E-state index contributed by atoms with van der Waals surface area (Å²) in [6.07, 6.45) is 0.679. The third kappa shape index (κ3) is 12.7. The fourth-order valence-corrected chi connectivity index (χ4v) is 13.1. The zero-order chi connectivity index (χ0) is 34.9. The number of carboxylic acids is 1. The number of amides is 1. The molecule has 0 aliphatic heterocycles. The molecule has 2 N–H and O–H groups in total. The minimum absolute atomic E-state index is 0.0483. The number of aliphatic carboxylic acids is 1. The standard InChI is InChI=1S/C28H28N2O8.C3H8I2P.C3H8/c1-17(22-14-25(36-2)26(15-24(22)30(34)35)37-13-7-12-27(31)32)29-28(33)38-16-23-20-10-5-3-8-18(20)19-9-4-6-11-21(19)23;1-3-5-6(2)4;1-3-2/h3-6,8-11,14-15,17,23H,7,12-13,16H2,1-2H3,(H,29,33)(H,31,32);3H2,1-2H3;3H2,1-2H3/q;-1;. The minimum Gasteiger partial charge on any atom is -0.493 e. The maximum atomic E-state index is 12.7. The summed E-state index contributed by atoms with van der Waals surface area (Å²) in [6.45, 7) is 10.7. The van der Waals surface area contributed by atoms with Crippen LogP contribution in [0.15, 0.2) is 60.7 Å². The van der Waals surface area contributed by atoms with E-state index in [-0.39, 0.29) is 54.7 Å². The molecule has 2 atom stereocenters. The second kappa shape index (κ2) is 21.3. The van der Waals surface area contributed by atoms with E-state index in [0.717, 1.165) is 22.3 Å². The summed E-state index contributed by atoms with van der Waals surface area (Å²) in [4.78, 5) is 34.7. The average molecular weight is 894 g/mol. The number of alkyl halides is 1. The van der Waals surface area contributed by atoms with Gasteiger partial charge in [-0.1, -0.05) is 68.8 Å². The molecule has 47 heavy (non-hydrogen) atoms. The number of fused-ring (bicyclic) bond motifs is 3. The van der Waals surface area contributed by atoms with Crippen molar-refractivity contribution in [1.82, 2.24) is 5.32 Å². The molecular weight excluding hydrogens is 849 g/mol. The fourth-order valence-electron chi connectivity index (χ4n) is 4.81. The Hall–Kier alpha value is -2.71. The Balaban J connectivity index is 0.000000756. The van der Waals surface area contributed by atoms with Crippen LogP contribution in [0.25, 0.3) is 11.1 Å². The number of ether oxygens (including phenoxy) is 3. The maximum absolute atomic E-state index is 12.7. The van der Waals surface area contributed by atoms with Crippen LogP contribution in [0.3, 0.4) is 0 Å². The Bertz CT molecular complexity index is 1430. The number of nitro groups is 1. The maximum Gasteiger partial charge on any atom is 0.407 e. The van der Waals surface area contributed by atoms with E-state index >= 15 is 0 Å². The zero-order valence-electron chi connectivity index (χ0n) is 27.6. The normalized spacial score (nSPS) is 12.6. The minimum atomic E-state index is -0.963. The van der Waals surface area contributed by atoms with Crippen molar-refractivity contribution in [2.45, 2.75) is 58.9 Å². The molecule has 0 heterocycles. The molecule has 0 saturated carbocycles. The zero-order valence-corrected chi connectivity index (χ0v) is 32.8. The van der Waals surface area contributed by atoms with Crippen LogP contribution in [0, 0.1) is 10.1 Å². The molecule has 13 heteroatoms. The molecule has 10 nitrogen and oxygen atoms in total. The third-order valence-electron chi connectivity index (χ3n) is 6.73. The van der Waals surface area contributed by atoms with Gasteiger partial charge in [-0.25, -0.2) is 4.79 Å². The molecule has 258 valence electrons. The summed E-state index contributed by atoms with van der Waals surface area (Å²) in [6, 6.07) is 17.8. The molecular formula is C34H44I2N2O8P-. The Morgan fingerprint density at radius 3 is 2.11 bits per heavy atom. The first kappa shape index (κ1) is 40.5. The van der Waals surface area contributed by atoms with Gasteiger partial charge in [0.1, 0.15) is 6.61 Å². The summed E-state index contributed by atoms with van der Waals surface area (Å²) in [5, 5.41) is 23.2. The molecule has 1 aliphatic carbocycles. The van der Waals surface area contributed by atoms with Gasteiger partial charge in [0.2, 0.25) is 0 Å². The number of carbonyl (C=O) groups excluding carboxylic acids is 1. The fraction of sp³-hybridized carbons (Fsp3) is 0.412. The molecule has 0 bridgehead atoms. The third-order valence-corrected chi connectivity index (χ3v) is 17.4. The molecule has 0 aromatic heterocycles. The smallest absolute Gasteiger partial charge is 0.407 e. The van der Waals surface area contributed by atoms with Gasteiger partial charge in [0.05, 0.1) is 36.3 Å². The number of methoxy groups -OCH3 is 1. The van der Waals surface area contributed by atoms with Crippen LogP contribution in [0.5, 0.6) is 11.5 Å². The van der Waals surface area contributed by atoms with Crippen molar-refractivity contribution in [2.75, 3.05) is 31.4 Å². The van der Waals surface area contributed by atoms with Gasteiger partial charge < -0.3 is 24.6 Å². The van der Waals surface area contributed by atoms with Crippen molar-refractivity contribution >= 4 is 43.0 Å². The number of nitrogens with zero attached hydrogens (tertiary/aromatic N) is 1. The van der Waals surface area contributed by atoms with Gasteiger partial charge in [-0.3, -0.25) is 14.9 Å². The van der Waals surface area contributed by atoms with E-state index in [0.29, 0.717) is 23.9 Å². The van der Waals surface area contributed by atoms with E-state index in [4.69, 9.17) is 19.3 Å². The predicted octanol–water partition coefficient (Wildman–Crippen LogP) is 6.34. The Labute approximate surface area is 301 Å². The van der Waals surface area contributed by atoms with Crippen molar-refractivity contribution in [3.05, 3.63) is 87.5 Å². The van der Waals surface area contributed by atoms with Crippen LogP contribution < -0.4 is 35.4 Å². The van der Waals surface area contributed by atoms with E-state index in [1.54, 1.807) is 6.92 Å². The van der Waals surface area contributed by atoms with Crippen molar-refractivity contribution in [3.8, 4) is 22.6 Å². The van der Waals surface area contributed by atoms with Gasteiger partial charge in [0, 0.05) is 12.3 Å². The molecule has 3 aromatic rings. The van der Waals surface area contributed by atoms with Gasteiger partial charge in [-0.15, -0.1) is 0 Å². The van der Waals surface area contributed by atoms with Crippen molar-refractivity contribution < 1.29 is 54.5 Å². The molecule has 3 aromatic carbocycles. The second-order valence-corrected chi connectivity index (χ2v) is 29.2. The van der Waals surface area contributed by atoms with Crippen LogP contribution >= 0.6 is 25.2 Å². The first-order chi connectivity index (χ1) is 22.5. The van der Waals surface area contributed by atoms with E-state index in [1.165, 1.54) is 30.1 Å². The summed E-state index contributed by atoms with van der Waals surface area (Å²) >= 11 is 3.18. The van der Waals surface area contributed by atoms with Crippen molar-refractivity contribution in [2.24, 2.45) is 0 Å². The number of hydrogen-bond acceptors (Lipinski definition) is 7. The predicted molar refractivity (Wildman–Crippen MR) is 192 cm³/mol. The van der Waals surface area contributed by atoms with Gasteiger partial charge in [0.15, 0.2) is 11.5 Å². The largest absolute Gasteiger partial charge is 0.493 e.